The lowest BCUT2D eigenvalue weighted by Crippen LogP contribution is -1.97. The van der Waals surface area contributed by atoms with Gasteiger partial charge < -0.3 is 15.5 Å². The first-order chi connectivity index (χ1) is 6.56. The van der Waals surface area contributed by atoms with Gasteiger partial charge in [-0.15, -0.1) is 0 Å². The summed E-state index contributed by atoms with van der Waals surface area (Å²) in [6.07, 6.45) is 0.363. The predicted octanol–water partition coefficient (Wildman–Crippen LogP) is 0.869. The second-order valence-corrected chi connectivity index (χ2v) is 2.70. The van der Waals surface area contributed by atoms with E-state index in [-0.39, 0.29) is 28.5 Å². The third kappa shape index (κ3) is 1.82. The van der Waals surface area contributed by atoms with Crippen molar-refractivity contribution in [3.8, 4) is 11.5 Å². The van der Waals surface area contributed by atoms with Gasteiger partial charge in [-0.2, -0.15) is 0 Å². The molecule has 0 unspecified atom stereocenters. The highest BCUT2D eigenvalue weighted by molar-refractivity contribution is 5.98. The van der Waals surface area contributed by atoms with Crippen molar-refractivity contribution in [2.24, 2.45) is 0 Å². The van der Waals surface area contributed by atoms with Crippen molar-refractivity contribution in [1.82, 2.24) is 0 Å². The van der Waals surface area contributed by atoms with E-state index in [9.17, 15) is 19.8 Å². The molecule has 0 aliphatic carbocycles. The fourth-order valence-corrected chi connectivity index (χ4v) is 1.04. The topological polar surface area (TPSA) is 86.6 Å². The number of anilines is 1. The monoisotopic (exact) mass is 195 g/mol. The molecular formula is C9H9NO4. The van der Waals surface area contributed by atoms with Crippen molar-refractivity contribution in [1.29, 1.82) is 0 Å². The van der Waals surface area contributed by atoms with E-state index < -0.39 is 0 Å². The minimum absolute atomic E-state index is 0.0129. The number of aromatic hydroxyl groups is 2. The van der Waals surface area contributed by atoms with Gasteiger partial charge in [0.05, 0.1) is 11.3 Å². The van der Waals surface area contributed by atoms with E-state index in [1.165, 1.54) is 6.92 Å². The predicted molar refractivity (Wildman–Crippen MR) is 49.5 cm³/mol. The van der Waals surface area contributed by atoms with Crippen LogP contribution in [0.1, 0.15) is 17.3 Å². The van der Waals surface area contributed by atoms with Gasteiger partial charge in [0.2, 0.25) is 6.41 Å². The van der Waals surface area contributed by atoms with Gasteiger partial charge in [-0.1, -0.05) is 0 Å². The molecule has 0 saturated carbocycles. The highest BCUT2D eigenvalue weighted by Gasteiger charge is 2.11. The first-order valence-electron chi connectivity index (χ1n) is 3.83. The number of phenols is 2. The maximum Gasteiger partial charge on any atom is 0.211 e. The van der Waals surface area contributed by atoms with Crippen LogP contribution in [0.25, 0.3) is 0 Å². The average Bonchev–Trinajstić information content (AvgIpc) is 2.10. The number of hydrogen-bond donors (Lipinski definition) is 3. The van der Waals surface area contributed by atoms with Gasteiger partial charge in [-0.3, -0.25) is 9.59 Å². The Labute approximate surface area is 80.0 Å². The van der Waals surface area contributed by atoms with Crippen LogP contribution in [0, 0.1) is 0 Å². The molecule has 0 fully saturated rings. The van der Waals surface area contributed by atoms with E-state index in [4.69, 9.17) is 0 Å². The Kier molecular flexibility index (Phi) is 2.71. The third-order valence-corrected chi connectivity index (χ3v) is 1.71. The van der Waals surface area contributed by atoms with E-state index in [0.717, 1.165) is 12.1 Å². The van der Waals surface area contributed by atoms with Crippen molar-refractivity contribution >= 4 is 17.9 Å². The highest BCUT2D eigenvalue weighted by Crippen LogP contribution is 2.31. The molecule has 14 heavy (non-hydrogen) atoms. The molecule has 0 aliphatic heterocycles. The second-order valence-electron chi connectivity index (χ2n) is 2.70. The van der Waals surface area contributed by atoms with E-state index in [2.05, 4.69) is 5.32 Å². The minimum Gasteiger partial charge on any atom is -0.507 e. The molecule has 0 aromatic heterocycles. The number of hydrogen-bond acceptors (Lipinski definition) is 4. The van der Waals surface area contributed by atoms with Crippen molar-refractivity contribution in [2.45, 2.75) is 6.92 Å². The summed E-state index contributed by atoms with van der Waals surface area (Å²) in [4.78, 5) is 21.0. The average molecular weight is 195 g/mol. The van der Waals surface area contributed by atoms with Gasteiger partial charge in [0.1, 0.15) is 11.5 Å². The van der Waals surface area contributed by atoms with Crippen molar-refractivity contribution in [3.63, 3.8) is 0 Å². The summed E-state index contributed by atoms with van der Waals surface area (Å²) < 4.78 is 0. The van der Waals surface area contributed by atoms with Crippen LogP contribution in [0.15, 0.2) is 12.1 Å². The molecule has 0 radical (unpaired) electrons. The van der Waals surface area contributed by atoms with Gasteiger partial charge in [0.15, 0.2) is 5.78 Å². The number of carbonyl (C=O) groups is 2. The maximum atomic E-state index is 10.9. The molecule has 74 valence electrons. The van der Waals surface area contributed by atoms with E-state index in [1.54, 1.807) is 0 Å². The first kappa shape index (κ1) is 10.0. The quantitative estimate of drug-likeness (QED) is 0.289. The summed E-state index contributed by atoms with van der Waals surface area (Å²) in [5, 5.41) is 20.8. The van der Waals surface area contributed by atoms with E-state index in [1.807, 2.05) is 0 Å². The number of phenolic OH excluding ortho intramolecular Hbond substituents is 2. The summed E-state index contributed by atoms with van der Waals surface area (Å²) in [7, 11) is 0. The summed E-state index contributed by atoms with van der Waals surface area (Å²) >= 11 is 0. The van der Waals surface area contributed by atoms with Gasteiger partial charge in [-0.05, 0) is 13.0 Å². The molecule has 0 spiro atoms. The number of ketones is 1. The third-order valence-electron chi connectivity index (χ3n) is 1.71. The van der Waals surface area contributed by atoms with Crippen LogP contribution in [-0.2, 0) is 4.79 Å². The molecule has 0 bridgehead atoms. The lowest BCUT2D eigenvalue weighted by atomic mass is 10.1. The van der Waals surface area contributed by atoms with Crippen LogP contribution >= 0.6 is 0 Å². The lowest BCUT2D eigenvalue weighted by Gasteiger charge is -2.06. The summed E-state index contributed by atoms with van der Waals surface area (Å²) in [6.45, 7) is 1.27. The highest BCUT2D eigenvalue weighted by atomic mass is 16.3. The zero-order valence-electron chi connectivity index (χ0n) is 7.44. The Morgan fingerprint density at radius 2 is 2.00 bits per heavy atom. The summed E-state index contributed by atoms with van der Waals surface area (Å²) in [5.74, 6) is -0.907. The maximum absolute atomic E-state index is 10.9. The van der Waals surface area contributed by atoms with Crippen LogP contribution in [0.5, 0.6) is 11.5 Å². The molecule has 3 N–H and O–H groups in total. The van der Waals surface area contributed by atoms with Crippen molar-refractivity contribution < 1.29 is 19.8 Å². The number of benzene rings is 1. The number of nitrogens with one attached hydrogen (secondary N) is 1. The molecule has 0 atom stereocenters. The lowest BCUT2D eigenvalue weighted by molar-refractivity contribution is -0.105. The zero-order valence-corrected chi connectivity index (χ0v) is 7.44. The largest absolute Gasteiger partial charge is 0.507 e. The summed E-state index contributed by atoms with van der Waals surface area (Å²) in [5.41, 5.74) is 0.0708. The van der Waals surface area contributed by atoms with Crippen LogP contribution in [0.4, 0.5) is 5.69 Å². The van der Waals surface area contributed by atoms with E-state index >= 15 is 0 Å². The normalized spacial score (nSPS) is 9.50. The SMILES string of the molecule is CC(=O)c1cc(O)c(NC=O)cc1O. The van der Waals surface area contributed by atoms with Crippen LogP contribution in [0.2, 0.25) is 0 Å². The molecule has 1 rings (SSSR count). The number of carbonyl (C=O) groups excluding carboxylic acids is 2. The van der Waals surface area contributed by atoms with E-state index in [0.29, 0.717) is 6.41 Å². The number of amides is 1. The Morgan fingerprint density at radius 1 is 1.36 bits per heavy atom. The van der Waals surface area contributed by atoms with Crippen molar-refractivity contribution in [2.75, 3.05) is 5.32 Å². The van der Waals surface area contributed by atoms with Crippen LogP contribution < -0.4 is 5.32 Å². The fraction of sp³-hybridized carbons (Fsp3) is 0.111. The smallest absolute Gasteiger partial charge is 0.211 e. The second kappa shape index (κ2) is 3.78. The van der Waals surface area contributed by atoms with Crippen LogP contribution in [0.3, 0.4) is 0 Å². The van der Waals surface area contributed by atoms with Crippen LogP contribution in [-0.4, -0.2) is 22.4 Å². The summed E-state index contributed by atoms with van der Waals surface area (Å²) in [6, 6.07) is 2.21. The molecule has 5 nitrogen and oxygen atoms in total. The minimum atomic E-state index is -0.365. The Hall–Kier alpha value is -2.04. The molecule has 1 amide bonds. The Morgan fingerprint density at radius 3 is 2.50 bits per heavy atom. The Bertz CT molecular complexity index is 387. The van der Waals surface area contributed by atoms with Gasteiger partial charge in [0, 0.05) is 6.07 Å². The van der Waals surface area contributed by atoms with Gasteiger partial charge in [-0.25, -0.2) is 0 Å². The standard InChI is InChI=1S/C9H9NO4/c1-5(12)6-2-9(14)7(10-4-11)3-8(6)13/h2-4,13-14H,1H3,(H,10,11). The fourth-order valence-electron chi connectivity index (χ4n) is 1.04. The molecule has 0 saturated heterocycles. The molecular weight excluding hydrogens is 186 g/mol. The Balaban J connectivity index is 3.23. The molecule has 0 aliphatic rings. The van der Waals surface area contributed by atoms with Crippen molar-refractivity contribution in [3.05, 3.63) is 17.7 Å². The molecule has 0 heterocycles. The van der Waals surface area contributed by atoms with Gasteiger partial charge in [0.25, 0.3) is 0 Å². The molecule has 1 aromatic carbocycles. The first-order valence-corrected chi connectivity index (χ1v) is 3.83. The molecule has 5 heteroatoms. The zero-order chi connectivity index (χ0) is 10.7. The number of Topliss-reactive ketones (excluding diaryl/α,β-unsaturated/α-hetero) is 1. The van der Waals surface area contributed by atoms with Gasteiger partial charge >= 0.3 is 0 Å². The number of rotatable bonds is 3. The molecule has 1 aromatic rings.